The van der Waals surface area contributed by atoms with Crippen molar-refractivity contribution in [2.45, 2.75) is 0 Å². The van der Waals surface area contributed by atoms with E-state index in [1.165, 1.54) is 30.1 Å². The first-order chi connectivity index (χ1) is 7.41. The van der Waals surface area contributed by atoms with E-state index in [-0.39, 0.29) is 12.1 Å². The first-order valence-electron chi connectivity index (χ1n) is 4.37. The molecule has 2 N–H and O–H groups in total. The number of carboxylic acids is 2. The number of halogens is 1. The number of aromatic carboxylic acids is 1. The minimum atomic E-state index is -1.08. The predicted molar refractivity (Wildman–Crippen MR) is 59.3 cm³/mol. The van der Waals surface area contributed by atoms with Crippen LogP contribution in [-0.2, 0) is 4.79 Å². The second kappa shape index (κ2) is 4.85. The summed E-state index contributed by atoms with van der Waals surface area (Å²) in [6.07, 6.45) is 0. The molecule has 6 heteroatoms. The number of carbonyl (C=O) groups is 2. The Kier molecular flexibility index (Phi) is 3.73. The lowest BCUT2D eigenvalue weighted by molar-refractivity contribution is -0.135. The number of carboxylic acid groups (broad SMARTS) is 2. The Morgan fingerprint density at radius 3 is 2.50 bits per heavy atom. The first kappa shape index (κ1) is 12.3. The van der Waals surface area contributed by atoms with E-state index in [1.807, 2.05) is 0 Å². The van der Waals surface area contributed by atoms with Crippen molar-refractivity contribution < 1.29 is 19.8 Å². The van der Waals surface area contributed by atoms with Gasteiger partial charge in [-0.1, -0.05) is 11.6 Å². The maximum Gasteiger partial charge on any atom is 0.335 e. The van der Waals surface area contributed by atoms with Gasteiger partial charge in [-0.15, -0.1) is 0 Å². The molecule has 0 radical (unpaired) electrons. The molecule has 16 heavy (non-hydrogen) atoms. The normalized spacial score (nSPS) is 9.88. The van der Waals surface area contributed by atoms with Crippen molar-refractivity contribution in [2.24, 2.45) is 0 Å². The van der Waals surface area contributed by atoms with Gasteiger partial charge in [-0.2, -0.15) is 0 Å². The highest BCUT2D eigenvalue weighted by molar-refractivity contribution is 6.33. The summed E-state index contributed by atoms with van der Waals surface area (Å²) < 4.78 is 0. The smallest absolute Gasteiger partial charge is 0.335 e. The highest BCUT2D eigenvalue weighted by atomic mass is 35.5. The van der Waals surface area contributed by atoms with Gasteiger partial charge in [0.1, 0.15) is 6.54 Å². The van der Waals surface area contributed by atoms with Crippen molar-refractivity contribution >= 4 is 29.2 Å². The predicted octanol–water partition coefficient (Wildman–Crippen LogP) is 1.56. The van der Waals surface area contributed by atoms with Gasteiger partial charge in [0, 0.05) is 7.05 Å². The molecule has 0 amide bonds. The third kappa shape index (κ3) is 2.87. The largest absolute Gasteiger partial charge is 0.480 e. The second-order valence-electron chi connectivity index (χ2n) is 3.22. The van der Waals surface area contributed by atoms with Crippen LogP contribution in [0.4, 0.5) is 5.69 Å². The van der Waals surface area contributed by atoms with Crippen LogP contribution >= 0.6 is 11.6 Å². The molecule has 1 rings (SSSR count). The van der Waals surface area contributed by atoms with E-state index >= 15 is 0 Å². The monoisotopic (exact) mass is 243 g/mol. The third-order valence-corrected chi connectivity index (χ3v) is 2.30. The number of nitrogens with zero attached hydrogens (tertiary/aromatic N) is 1. The standard InChI is InChI=1S/C10H10ClNO4/c1-12(5-9(13)14)8-4-6(10(15)16)2-3-7(8)11/h2-4H,5H2,1H3,(H,13,14)(H,15,16). The van der Waals surface area contributed by atoms with Crippen LogP contribution in [-0.4, -0.2) is 35.7 Å². The fourth-order valence-electron chi connectivity index (χ4n) is 1.23. The van der Waals surface area contributed by atoms with E-state index in [4.69, 9.17) is 21.8 Å². The zero-order valence-corrected chi connectivity index (χ0v) is 9.23. The summed E-state index contributed by atoms with van der Waals surface area (Å²) >= 11 is 5.85. The molecule has 0 aliphatic carbocycles. The number of benzene rings is 1. The van der Waals surface area contributed by atoms with Gasteiger partial charge in [0.25, 0.3) is 0 Å². The van der Waals surface area contributed by atoms with E-state index in [0.29, 0.717) is 10.7 Å². The van der Waals surface area contributed by atoms with Crippen molar-refractivity contribution in [1.29, 1.82) is 0 Å². The van der Waals surface area contributed by atoms with Crippen LogP contribution in [0.5, 0.6) is 0 Å². The van der Waals surface area contributed by atoms with Crippen molar-refractivity contribution in [3.05, 3.63) is 28.8 Å². The van der Waals surface area contributed by atoms with Gasteiger partial charge in [-0.05, 0) is 18.2 Å². The van der Waals surface area contributed by atoms with Gasteiger partial charge in [0.15, 0.2) is 0 Å². The average Bonchev–Trinajstić information content (AvgIpc) is 2.16. The van der Waals surface area contributed by atoms with Crippen LogP contribution in [0.1, 0.15) is 10.4 Å². The van der Waals surface area contributed by atoms with Crippen LogP contribution in [0.15, 0.2) is 18.2 Å². The number of hydrogen-bond donors (Lipinski definition) is 2. The average molecular weight is 244 g/mol. The fraction of sp³-hybridized carbons (Fsp3) is 0.200. The molecule has 0 bridgehead atoms. The first-order valence-corrected chi connectivity index (χ1v) is 4.75. The zero-order chi connectivity index (χ0) is 12.3. The summed E-state index contributed by atoms with van der Waals surface area (Å²) in [5, 5.41) is 17.7. The molecule has 1 aromatic carbocycles. The van der Waals surface area contributed by atoms with E-state index in [1.54, 1.807) is 0 Å². The minimum Gasteiger partial charge on any atom is -0.480 e. The van der Waals surface area contributed by atoms with Crippen molar-refractivity contribution in [3.63, 3.8) is 0 Å². The summed E-state index contributed by atoms with van der Waals surface area (Å²) in [5.41, 5.74) is 0.445. The van der Waals surface area contributed by atoms with Crippen molar-refractivity contribution in [2.75, 3.05) is 18.5 Å². The lowest BCUT2D eigenvalue weighted by atomic mass is 10.2. The quantitative estimate of drug-likeness (QED) is 0.839. The summed E-state index contributed by atoms with van der Waals surface area (Å²) in [6.45, 7) is -0.247. The molecule has 0 aliphatic heterocycles. The van der Waals surface area contributed by atoms with Crippen LogP contribution in [0.2, 0.25) is 5.02 Å². The number of aliphatic carboxylic acids is 1. The fourth-order valence-corrected chi connectivity index (χ4v) is 1.49. The van der Waals surface area contributed by atoms with Crippen molar-refractivity contribution in [3.8, 4) is 0 Å². The van der Waals surface area contributed by atoms with E-state index in [0.717, 1.165) is 0 Å². The number of rotatable bonds is 4. The van der Waals surface area contributed by atoms with E-state index in [9.17, 15) is 9.59 Å². The minimum absolute atomic E-state index is 0.0663. The summed E-state index contributed by atoms with van der Waals surface area (Å²) in [7, 11) is 1.53. The van der Waals surface area contributed by atoms with Crippen LogP contribution < -0.4 is 4.90 Å². The Balaban J connectivity index is 3.06. The van der Waals surface area contributed by atoms with E-state index < -0.39 is 11.9 Å². The van der Waals surface area contributed by atoms with Gasteiger partial charge in [-0.25, -0.2) is 4.79 Å². The number of likely N-dealkylation sites (N-methyl/N-ethyl adjacent to an activating group) is 1. The zero-order valence-electron chi connectivity index (χ0n) is 8.48. The molecule has 0 aliphatic rings. The lowest BCUT2D eigenvalue weighted by Gasteiger charge is -2.18. The number of hydrogen-bond acceptors (Lipinski definition) is 3. The summed E-state index contributed by atoms with van der Waals surface area (Å²) in [5.74, 6) is -2.10. The molecule has 0 spiro atoms. The van der Waals surface area contributed by atoms with Crippen LogP contribution in [0, 0.1) is 0 Å². The van der Waals surface area contributed by atoms with Gasteiger partial charge in [0.05, 0.1) is 16.3 Å². The van der Waals surface area contributed by atoms with Gasteiger partial charge < -0.3 is 15.1 Å². The second-order valence-corrected chi connectivity index (χ2v) is 3.63. The van der Waals surface area contributed by atoms with Gasteiger partial charge in [-0.3, -0.25) is 4.79 Å². The molecular weight excluding hydrogens is 234 g/mol. The molecular formula is C10H10ClNO4. The highest BCUT2D eigenvalue weighted by Gasteiger charge is 2.12. The molecule has 0 heterocycles. The maximum atomic E-state index is 10.7. The highest BCUT2D eigenvalue weighted by Crippen LogP contribution is 2.26. The maximum absolute atomic E-state index is 10.7. The molecule has 1 aromatic rings. The summed E-state index contributed by atoms with van der Waals surface area (Å²) in [4.78, 5) is 22.6. The van der Waals surface area contributed by atoms with Gasteiger partial charge in [0.2, 0.25) is 0 Å². The molecule has 0 aromatic heterocycles. The Morgan fingerprint density at radius 2 is 2.00 bits per heavy atom. The van der Waals surface area contributed by atoms with Crippen LogP contribution in [0.25, 0.3) is 0 Å². The molecule has 0 saturated heterocycles. The Labute approximate surface area is 96.9 Å². The number of anilines is 1. The topological polar surface area (TPSA) is 77.8 Å². The molecule has 0 saturated carbocycles. The Morgan fingerprint density at radius 1 is 1.38 bits per heavy atom. The van der Waals surface area contributed by atoms with Crippen molar-refractivity contribution in [1.82, 2.24) is 0 Å². The van der Waals surface area contributed by atoms with E-state index in [2.05, 4.69) is 0 Å². The molecule has 0 atom stereocenters. The van der Waals surface area contributed by atoms with Gasteiger partial charge >= 0.3 is 11.9 Å². The SMILES string of the molecule is CN(CC(=O)O)c1cc(C(=O)O)ccc1Cl. The third-order valence-electron chi connectivity index (χ3n) is 1.98. The van der Waals surface area contributed by atoms with Crippen LogP contribution in [0.3, 0.4) is 0 Å². The molecule has 86 valence electrons. The summed E-state index contributed by atoms with van der Waals surface area (Å²) in [6, 6.07) is 4.13. The Bertz CT molecular complexity index is 433. The molecule has 0 unspecified atom stereocenters. The molecule has 5 nitrogen and oxygen atoms in total. The molecule has 0 fully saturated rings. The lowest BCUT2D eigenvalue weighted by Crippen LogP contribution is -2.25. The Hall–Kier alpha value is -1.75.